The standard InChI is InChI=1S/C17H14Cl2F3N3O2/c18-12-9-13(23-14(12)19)16(27)25-6-4-24(5-7-25)15(26)10-2-1-3-11(8-10)17(20,21)22/h1-3,8-9,23H,4-7H2. The summed E-state index contributed by atoms with van der Waals surface area (Å²) in [7, 11) is 0. The Bertz CT molecular complexity index is 855. The summed E-state index contributed by atoms with van der Waals surface area (Å²) in [5.74, 6) is -0.811. The fourth-order valence-corrected chi connectivity index (χ4v) is 3.13. The summed E-state index contributed by atoms with van der Waals surface area (Å²) < 4.78 is 38.4. The second-order valence-corrected chi connectivity index (χ2v) is 6.79. The lowest BCUT2D eigenvalue weighted by molar-refractivity contribution is -0.137. The van der Waals surface area contributed by atoms with Crippen LogP contribution in [0.25, 0.3) is 0 Å². The van der Waals surface area contributed by atoms with Gasteiger partial charge >= 0.3 is 6.18 Å². The molecule has 10 heteroatoms. The first-order valence-electron chi connectivity index (χ1n) is 7.96. The van der Waals surface area contributed by atoms with E-state index in [1.54, 1.807) is 0 Å². The zero-order valence-corrected chi connectivity index (χ0v) is 15.3. The van der Waals surface area contributed by atoms with Crippen molar-refractivity contribution in [2.45, 2.75) is 6.18 Å². The number of hydrogen-bond donors (Lipinski definition) is 1. The topological polar surface area (TPSA) is 56.4 Å². The van der Waals surface area contributed by atoms with Crippen LogP contribution in [0.4, 0.5) is 13.2 Å². The van der Waals surface area contributed by atoms with Crippen molar-refractivity contribution < 1.29 is 22.8 Å². The van der Waals surface area contributed by atoms with Gasteiger partial charge in [-0.1, -0.05) is 29.3 Å². The van der Waals surface area contributed by atoms with E-state index in [4.69, 9.17) is 23.2 Å². The summed E-state index contributed by atoms with van der Waals surface area (Å²) in [6.45, 7) is 0.918. The Balaban J connectivity index is 1.65. The first-order chi connectivity index (χ1) is 12.7. The third-order valence-electron chi connectivity index (χ3n) is 4.25. The van der Waals surface area contributed by atoms with E-state index in [2.05, 4.69) is 4.98 Å². The van der Waals surface area contributed by atoms with E-state index >= 15 is 0 Å². The van der Waals surface area contributed by atoms with Crippen molar-refractivity contribution >= 4 is 35.0 Å². The average Bonchev–Trinajstić information content (AvgIpc) is 2.99. The van der Waals surface area contributed by atoms with Crippen LogP contribution < -0.4 is 0 Å². The molecule has 0 radical (unpaired) electrons. The molecule has 1 N–H and O–H groups in total. The molecular formula is C17H14Cl2F3N3O2. The third-order valence-corrected chi connectivity index (χ3v) is 4.94. The van der Waals surface area contributed by atoms with Gasteiger partial charge in [-0.2, -0.15) is 13.2 Å². The zero-order chi connectivity index (χ0) is 19.8. The van der Waals surface area contributed by atoms with Gasteiger partial charge in [-0.05, 0) is 24.3 Å². The predicted octanol–water partition coefficient (Wildman–Crippen LogP) is 3.94. The molecule has 27 heavy (non-hydrogen) atoms. The van der Waals surface area contributed by atoms with Gasteiger partial charge in [0.05, 0.1) is 10.6 Å². The molecule has 1 saturated heterocycles. The fourth-order valence-electron chi connectivity index (χ4n) is 2.81. The largest absolute Gasteiger partial charge is 0.416 e. The minimum Gasteiger partial charge on any atom is -0.340 e. The van der Waals surface area contributed by atoms with Crippen LogP contribution in [0.3, 0.4) is 0 Å². The number of amides is 2. The molecule has 144 valence electrons. The molecule has 5 nitrogen and oxygen atoms in total. The summed E-state index contributed by atoms with van der Waals surface area (Å²) in [4.78, 5) is 30.5. The normalized spacial score (nSPS) is 15.1. The molecule has 3 rings (SSSR count). The van der Waals surface area contributed by atoms with Gasteiger partial charge in [0.2, 0.25) is 0 Å². The highest BCUT2D eigenvalue weighted by molar-refractivity contribution is 6.41. The molecule has 2 heterocycles. The van der Waals surface area contributed by atoms with Crippen molar-refractivity contribution in [2.24, 2.45) is 0 Å². The van der Waals surface area contributed by atoms with Gasteiger partial charge in [-0.3, -0.25) is 9.59 Å². The number of aromatic nitrogens is 1. The van der Waals surface area contributed by atoms with Crippen LogP contribution in [0.1, 0.15) is 26.4 Å². The minimum absolute atomic E-state index is 0.0347. The quantitative estimate of drug-likeness (QED) is 0.801. The fraction of sp³-hybridized carbons (Fsp3) is 0.294. The van der Waals surface area contributed by atoms with Gasteiger partial charge in [0.15, 0.2) is 0 Å². The van der Waals surface area contributed by atoms with E-state index in [9.17, 15) is 22.8 Å². The number of halogens is 5. The molecule has 2 aromatic rings. The van der Waals surface area contributed by atoms with Gasteiger partial charge in [0.1, 0.15) is 10.8 Å². The van der Waals surface area contributed by atoms with Gasteiger partial charge in [-0.25, -0.2) is 0 Å². The van der Waals surface area contributed by atoms with Crippen molar-refractivity contribution in [1.29, 1.82) is 0 Å². The Kier molecular flexibility index (Phi) is 5.39. The number of hydrogen-bond acceptors (Lipinski definition) is 2. The van der Waals surface area contributed by atoms with Crippen LogP contribution in [0, 0.1) is 0 Å². The number of alkyl halides is 3. The lowest BCUT2D eigenvalue weighted by Gasteiger charge is -2.34. The van der Waals surface area contributed by atoms with Crippen LogP contribution in [-0.4, -0.2) is 52.8 Å². The number of nitrogens with zero attached hydrogens (tertiary/aromatic N) is 2. The molecule has 1 aliphatic heterocycles. The highest BCUT2D eigenvalue weighted by Crippen LogP contribution is 2.30. The van der Waals surface area contributed by atoms with Crippen molar-refractivity contribution in [2.75, 3.05) is 26.2 Å². The number of piperazine rings is 1. The summed E-state index contributed by atoms with van der Waals surface area (Å²) in [6.07, 6.45) is -4.51. The molecule has 1 aliphatic rings. The van der Waals surface area contributed by atoms with E-state index in [1.807, 2.05) is 0 Å². The molecule has 0 unspecified atom stereocenters. The summed E-state index contributed by atoms with van der Waals surface area (Å²) in [5.41, 5.74) is -0.669. The Morgan fingerprint density at radius 3 is 2.07 bits per heavy atom. The SMILES string of the molecule is O=C(c1cccc(C(F)(F)F)c1)N1CCN(C(=O)c2cc(Cl)c(Cl)[nH]2)CC1. The summed E-state index contributed by atoms with van der Waals surface area (Å²) in [5, 5.41) is 0.400. The molecule has 0 spiro atoms. The number of carbonyl (C=O) groups excluding carboxylic acids is 2. The zero-order valence-electron chi connectivity index (χ0n) is 13.8. The molecule has 1 aromatic heterocycles. The van der Waals surface area contributed by atoms with Crippen LogP contribution in [0.5, 0.6) is 0 Å². The maximum absolute atomic E-state index is 12.8. The number of carbonyl (C=O) groups is 2. The van der Waals surface area contributed by atoms with Gasteiger partial charge in [0.25, 0.3) is 11.8 Å². The average molecular weight is 420 g/mol. The Labute approximate surface area is 162 Å². The summed E-state index contributed by atoms with van der Waals surface area (Å²) in [6, 6.07) is 5.72. The third kappa shape index (κ3) is 4.22. The predicted molar refractivity (Wildman–Crippen MR) is 94.1 cm³/mol. The second kappa shape index (κ2) is 7.44. The Morgan fingerprint density at radius 1 is 0.963 bits per heavy atom. The Morgan fingerprint density at radius 2 is 1.56 bits per heavy atom. The number of rotatable bonds is 2. The number of benzene rings is 1. The minimum atomic E-state index is -4.51. The number of aromatic amines is 1. The maximum Gasteiger partial charge on any atom is 0.416 e. The molecule has 0 saturated carbocycles. The molecule has 0 bridgehead atoms. The smallest absolute Gasteiger partial charge is 0.340 e. The van der Waals surface area contributed by atoms with Crippen LogP contribution in [0.2, 0.25) is 10.2 Å². The van der Waals surface area contributed by atoms with Gasteiger partial charge < -0.3 is 14.8 Å². The molecule has 2 amide bonds. The van der Waals surface area contributed by atoms with E-state index in [0.29, 0.717) is 0 Å². The lowest BCUT2D eigenvalue weighted by Crippen LogP contribution is -2.50. The van der Waals surface area contributed by atoms with Crippen molar-refractivity contribution in [3.05, 3.63) is 57.3 Å². The second-order valence-electron chi connectivity index (χ2n) is 6.01. The van der Waals surface area contributed by atoms with Gasteiger partial charge in [0, 0.05) is 31.7 Å². The molecule has 1 aromatic carbocycles. The number of H-pyrrole nitrogens is 1. The highest BCUT2D eigenvalue weighted by Gasteiger charge is 2.32. The molecule has 1 fully saturated rings. The Hall–Kier alpha value is -2.19. The van der Waals surface area contributed by atoms with Gasteiger partial charge in [-0.15, -0.1) is 0 Å². The lowest BCUT2D eigenvalue weighted by atomic mass is 10.1. The first kappa shape index (κ1) is 19.6. The molecule has 0 aliphatic carbocycles. The van der Waals surface area contributed by atoms with E-state index in [1.165, 1.54) is 28.0 Å². The number of nitrogens with one attached hydrogen (secondary N) is 1. The van der Waals surface area contributed by atoms with Crippen molar-refractivity contribution in [3.8, 4) is 0 Å². The van der Waals surface area contributed by atoms with Crippen LogP contribution in [-0.2, 0) is 6.18 Å². The van der Waals surface area contributed by atoms with Crippen molar-refractivity contribution in [3.63, 3.8) is 0 Å². The van der Waals surface area contributed by atoms with E-state index < -0.39 is 17.6 Å². The van der Waals surface area contributed by atoms with Crippen LogP contribution in [0.15, 0.2) is 30.3 Å². The monoisotopic (exact) mass is 419 g/mol. The molecule has 0 atom stereocenters. The van der Waals surface area contributed by atoms with Crippen molar-refractivity contribution in [1.82, 2.24) is 14.8 Å². The molecular weight excluding hydrogens is 406 g/mol. The van der Waals surface area contributed by atoms with Crippen LogP contribution >= 0.6 is 23.2 Å². The summed E-state index contributed by atoms with van der Waals surface area (Å²) >= 11 is 11.6. The first-order valence-corrected chi connectivity index (χ1v) is 8.72. The van der Waals surface area contributed by atoms with E-state index in [0.717, 1.165) is 12.1 Å². The van der Waals surface area contributed by atoms with E-state index in [-0.39, 0.29) is 53.5 Å². The highest BCUT2D eigenvalue weighted by atomic mass is 35.5. The maximum atomic E-state index is 12.8.